The molecule has 0 amide bonds. The molecule has 0 spiro atoms. The van der Waals surface area contributed by atoms with E-state index in [1.54, 1.807) is 7.11 Å². The molecule has 5 heteroatoms. The van der Waals surface area contributed by atoms with Crippen molar-refractivity contribution in [1.29, 1.82) is 0 Å². The molecular formula is C13H19Br2NO2. The van der Waals surface area contributed by atoms with Gasteiger partial charge in [-0.2, -0.15) is 0 Å². The summed E-state index contributed by atoms with van der Waals surface area (Å²) < 4.78 is 7.05. The highest BCUT2D eigenvalue weighted by Crippen LogP contribution is 2.23. The molecule has 1 aromatic carbocycles. The number of benzene rings is 1. The number of aliphatic hydroxyl groups is 1. The summed E-state index contributed by atoms with van der Waals surface area (Å²) >= 11 is 6.91. The summed E-state index contributed by atoms with van der Waals surface area (Å²) in [6.45, 7) is 3.66. The predicted octanol–water partition coefficient (Wildman–Crippen LogP) is 3.09. The maximum Gasteiger partial charge on any atom is 0.0765 e. The average molecular weight is 381 g/mol. The van der Waals surface area contributed by atoms with Crippen molar-refractivity contribution in [3.05, 3.63) is 32.7 Å². The van der Waals surface area contributed by atoms with Gasteiger partial charge in [0.15, 0.2) is 0 Å². The lowest BCUT2D eigenvalue weighted by Gasteiger charge is -2.23. The van der Waals surface area contributed by atoms with Crippen molar-refractivity contribution in [2.45, 2.75) is 25.5 Å². The smallest absolute Gasteiger partial charge is 0.0765 e. The van der Waals surface area contributed by atoms with Gasteiger partial charge in [-0.15, -0.1) is 0 Å². The van der Waals surface area contributed by atoms with Gasteiger partial charge in [0.25, 0.3) is 0 Å². The number of ether oxygens (including phenoxy) is 1. The monoisotopic (exact) mass is 379 g/mol. The second-order valence-electron chi connectivity index (χ2n) is 4.59. The highest BCUT2D eigenvalue weighted by molar-refractivity contribution is 9.13. The fraction of sp³-hybridized carbons (Fsp3) is 0.538. The van der Waals surface area contributed by atoms with Crippen molar-refractivity contribution in [3.63, 3.8) is 0 Å². The molecule has 0 aliphatic rings. The molecule has 0 aliphatic heterocycles. The number of hydrogen-bond donors (Lipinski definition) is 2. The van der Waals surface area contributed by atoms with Crippen LogP contribution in [0.25, 0.3) is 0 Å². The third-order valence-electron chi connectivity index (χ3n) is 2.66. The van der Waals surface area contributed by atoms with Crippen LogP contribution in [0.5, 0.6) is 0 Å². The van der Waals surface area contributed by atoms with Crippen LogP contribution in [0.3, 0.4) is 0 Å². The van der Waals surface area contributed by atoms with Gasteiger partial charge in [-0.3, -0.25) is 0 Å². The topological polar surface area (TPSA) is 41.5 Å². The highest BCUT2D eigenvalue weighted by atomic mass is 79.9. The van der Waals surface area contributed by atoms with E-state index < -0.39 is 5.60 Å². The van der Waals surface area contributed by atoms with Crippen molar-refractivity contribution in [1.82, 2.24) is 5.32 Å². The molecule has 1 atom stereocenters. The van der Waals surface area contributed by atoms with Gasteiger partial charge in [-0.25, -0.2) is 0 Å². The van der Waals surface area contributed by atoms with E-state index in [0.29, 0.717) is 19.6 Å². The lowest BCUT2D eigenvalue weighted by molar-refractivity contribution is 0.0247. The van der Waals surface area contributed by atoms with Crippen molar-refractivity contribution in [2.75, 3.05) is 20.3 Å². The molecule has 102 valence electrons. The van der Waals surface area contributed by atoms with Crippen LogP contribution in [0.15, 0.2) is 27.1 Å². The number of methoxy groups -OCH3 is 1. The Morgan fingerprint density at radius 2 is 2.06 bits per heavy atom. The Morgan fingerprint density at radius 3 is 2.67 bits per heavy atom. The van der Waals surface area contributed by atoms with Crippen molar-refractivity contribution < 1.29 is 9.84 Å². The van der Waals surface area contributed by atoms with Crippen molar-refractivity contribution >= 4 is 31.9 Å². The van der Waals surface area contributed by atoms with E-state index in [0.717, 1.165) is 15.5 Å². The van der Waals surface area contributed by atoms with E-state index in [4.69, 9.17) is 4.74 Å². The molecule has 1 aromatic rings. The second kappa shape index (κ2) is 7.60. The van der Waals surface area contributed by atoms with Gasteiger partial charge in [-0.05, 0) is 56.5 Å². The molecular weight excluding hydrogens is 362 g/mol. The molecule has 0 radical (unpaired) electrons. The quantitative estimate of drug-likeness (QED) is 0.763. The highest BCUT2D eigenvalue weighted by Gasteiger charge is 2.19. The van der Waals surface area contributed by atoms with Crippen LogP contribution >= 0.6 is 31.9 Å². The van der Waals surface area contributed by atoms with Gasteiger partial charge in [0.1, 0.15) is 0 Å². The van der Waals surface area contributed by atoms with Crippen LogP contribution in [-0.4, -0.2) is 31.0 Å². The molecule has 0 fully saturated rings. The zero-order valence-electron chi connectivity index (χ0n) is 10.7. The van der Waals surface area contributed by atoms with E-state index in [2.05, 4.69) is 43.2 Å². The zero-order chi connectivity index (χ0) is 13.6. The first-order valence-corrected chi connectivity index (χ1v) is 7.39. The van der Waals surface area contributed by atoms with E-state index in [1.165, 1.54) is 5.56 Å². The lowest BCUT2D eigenvalue weighted by Crippen LogP contribution is -2.38. The second-order valence-corrected chi connectivity index (χ2v) is 6.30. The normalized spacial score (nSPS) is 14.5. The van der Waals surface area contributed by atoms with Gasteiger partial charge in [0.2, 0.25) is 0 Å². The largest absolute Gasteiger partial charge is 0.389 e. The fourth-order valence-corrected chi connectivity index (χ4v) is 2.21. The standard InChI is InChI=1S/C13H19Br2NO2/c1-13(17,5-6-18-2)9-16-8-10-3-4-11(14)12(15)7-10/h3-4,7,16-17H,5-6,8-9H2,1-2H3. The van der Waals surface area contributed by atoms with Crippen LogP contribution in [0.1, 0.15) is 18.9 Å². The first kappa shape index (κ1) is 16.1. The molecule has 0 heterocycles. The Hall–Kier alpha value is 0.0600. The Labute approximate surface area is 125 Å². The predicted molar refractivity (Wildman–Crippen MR) is 80.7 cm³/mol. The first-order chi connectivity index (χ1) is 8.44. The summed E-state index contributed by atoms with van der Waals surface area (Å²) in [6, 6.07) is 6.11. The minimum Gasteiger partial charge on any atom is -0.389 e. The third kappa shape index (κ3) is 5.80. The molecule has 3 nitrogen and oxygen atoms in total. The molecule has 1 rings (SSSR count). The Morgan fingerprint density at radius 1 is 1.33 bits per heavy atom. The van der Waals surface area contributed by atoms with Crippen molar-refractivity contribution in [3.8, 4) is 0 Å². The zero-order valence-corrected chi connectivity index (χ0v) is 13.8. The SMILES string of the molecule is COCCC(C)(O)CNCc1ccc(Br)c(Br)c1. The molecule has 1 unspecified atom stereocenters. The van der Waals surface area contributed by atoms with Crippen LogP contribution < -0.4 is 5.32 Å². The first-order valence-electron chi connectivity index (χ1n) is 5.80. The van der Waals surface area contributed by atoms with Gasteiger partial charge < -0.3 is 15.2 Å². The fourth-order valence-electron chi connectivity index (χ4n) is 1.54. The maximum absolute atomic E-state index is 10.1. The van der Waals surface area contributed by atoms with Crippen molar-refractivity contribution in [2.24, 2.45) is 0 Å². The summed E-state index contributed by atoms with van der Waals surface area (Å²) in [6.07, 6.45) is 0.626. The number of nitrogens with one attached hydrogen (secondary N) is 1. The Balaban J connectivity index is 2.39. The van der Waals surface area contributed by atoms with Crippen LogP contribution in [0, 0.1) is 0 Å². The van der Waals surface area contributed by atoms with E-state index in [-0.39, 0.29) is 0 Å². The maximum atomic E-state index is 10.1. The minimum atomic E-state index is -0.734. The minimum absolute atomic E-state index is 0.546. The van der Waals surface area contributed by atoms with Crippen LogP contribution in [-0.2, 0) is 11.3 Å². The van der Waals surface area contributed by atoms with E-state index >= 15 is 0 Å². The lowest BCUT2D eigenvalue weighted by atomic mass is 10.0. The molecule has 0 aromatic heterocycles. The Bertz CT molecular complexity index is 383. The average Bonchev–Trinajstić information content (AvgIpc) is 2.31. The summed E-state index contributed by atoms with van der Waals surface area (Å²) in [4.78, 5) is 0. The van der Waals surface area contributed by atoms with Crippen LogP contribution in [0.4, 0.5) is 0 Å². The van der Waals surface area contributed by atoms with E-state index in [9.17, 15) is 5.11 Å². The number of rotatable bonds is 7. The molecule has 18 heavy (non-hydrogen) atoms. The number of halogens is 2. The van der Waals surface area contributed by atoms with Gasteiger partial charge in [0, 0.05) is 42.2 Å². The molecule has 0 saturated heterocycles. The molecule has 0 bridgehead atoms. The number of hydrogen-bond acceptors (Lipinski definition) is 3. The molecule has 0 saturated carbocycles. The van der Waals surface area contributed by atoms with Crippen LogP contribution in [0.2, 0.25) is 0 Å². The summed E-state index contributed by atoms with van der Waals surface area (Å²) in [5, 5.41) is 13.3. The van der Waals surface area contributed by atoms with Gasteiger partial charge in [-0.1, -0.05) is 6.07 Å². The summed E-state index contributed by atoms with van der Waals surface area (Å²) in [5.41, 5.74) is 0.440. The van der Waals surface area contributed by atoms with Gasteiger partial charge >= 0.3 is 0 Å². The molecule has 0 aliphatic carbocycles. The third-order valence-corrected chi connectivity index (χ3v) is 4.54. The van der Waals surface area contributed by atoms with E-state index in [1.807, 2.05) is 19.1 Å². The summed E-state index contributed by atoms with van der Waals surface area (Å²) in [7, 11) is 1.64. The van der Waals surface area contributed by atoms with Gasteiger partial charge in [0.05, 0.1) is 5.60 Å². The molecule has 2 N–H and O–H groups in total. The summed E-state index contributed by atoms with van der Waals surface area (Å²) in [5.74, 6) is 0. The Kier molecular flexibility index (Phi) is 6.81.